The van der Waals surface area contributed by atoms with Gasteiger partial charge >= 0.3 is 5.97 Å². The number of carbonyl (C=O) groups excluding carboxylic acids is 1. The summed E-state index contributed by atoms with van der Waals surface area (Å²) in [5.41, 5.74) is 0.921. The van der Waals surface area contributed by atoms with Crippen LogP contribution in [0.4, 0.5) is 5.13 Å². The molecular formula is C12H10N2O3S2. The monoisotopic (exact) mass is 294 g/mol. The van der Waals surface area contributed by atoms with Gasteiger partial charge < -0.3 is 5.11 Å². The zero-order valence-corrected chi connectivity index (χ0v) is 11.5. The Hall–Kier alpha value is -1.99. The van der Waals surface area contributed by atoms with Gasteiger partial charge in [-0.2, -0.15) is 0 Å². The van der Waals surface area contributed by atoms with Crippen molar-refractivity contribution >= 4 is 45.8 Å². The van der Waals surface area contributed by atoms with Crippen LogP contribution < -0.4 is 5.32 Å². The summed E-state index contributed by atoms with van der Waals surface area (Å²) in [6, 6.07) is 1.88. The first-order chi connectivity index (χ1) is 9.06. The molecule has 0 saturated carbocycles. The molecule has 0 aliphatic heterocycles. The van der Waals surface area contributed by atoms with Crippen LogP contribution in [0.15, 0.2) is 23.7 Å². The molecule has 2 aromatic heterocycles. The molecule has 19 heavy (non-hydrogen) atoms. The Morgan fingerprint density at radius 1 is 1.47 bits per heavy atom. The van der Waals surface area contributed by atoms with Crippen molar-refractivity contribution in [3.05, 3.63) is 39.0 Å². The van der Waals surface area contributed by atoms with E-state index in [-0.39, 0.29) is 5.91 Å². The van der Waals surface area contributed by atoms with Gasteiger partial charge in [0.2, 0.25) is 0 Å². The van der Waals surface area contributed by atoms with E-state index >= 15 is 0 Å². The summed E-state index contributed by atoms with van der Waals surface area (Å²) in [6.07, 6.45) is 3.98. The summed E-state index contributed by atoms with van der Waals surface area (Å²) in [6.45, 7) is 1.87. The van der Waals surface area contributed by atoms with E-state index in [2.05, 4.69) is 10.3 Å². The van der Waals surface area contributed by atoms with Gasteiger partial charge in [-0.3, -0.25) is 10.1 Å². The first kappa shape index (κ1) is 13.4. The molecule has 0 saturated heterocycles. The predicted molar refractivity (Wildman–Crippen MR) is 75.8 cm³/mol. The Labute approximate surface area is 117 Å². The van der Waals surface area contributed by atoms with Crippen molar-refractivity contribution in [1.29, 1.82) is 0 Å². The van der Waals surface area contributed by atoms with Crippen molar-refractivity contribution in [2.24, 2.45) is 0 Å². The third-order valence-electron chi connectivity index (χ3n) is 2.20. The third kappa shape index (κ3) is 3.49. The van der Waals surface area contributed by atoms with Gasteiger partial charge in [0.15, 0.2) is 5.13 Å². The molecule has 2 N–H and O–H groups in total. The zero-order valence-electron chi connectivity index (χ0n) is 9.91. The van der Waals surface area contributed by atoms with Crippen molar-refractivity contribution in [3.63, 3.8) is 0 Å². The van der Waals surface area contributed by atoms with Gasteiger partial charge in [0.05, 0.1) is 4.88 Å². The lowest BCUT2D eigenvalue weighted by Gasteiger charge is -1.99. The normalized spacial score (nSPS) is 10.8. The first-order valence-corrected chi connectivity index (χ1v) is 6.98. The van der Waals surface area contributed by atoms with Gasteiger partial charge in [-0.15, -0.1) is 11.3 Å². The molecule has 7 heteroatoms. The van der Waals surface area contributed by atoms with Crippen LogP contribution in [0.2, 0.25) is 0 Å². The molecule has 98 valence electrons. The maximum atomic E-state index is 11.9. The number of nitrogens with zero attached hydrogens (tertiary/aromatic N) is 1. The number of carboxylic acids is 1. The SMILES string of the molecule is Cc1ccsc1C(=O)Nc1ncc(C=CC(=O)O)s1. The number of amides is 1. The second kappa shape index (κ2) is 5.77. The van der Waals surface area contributed by atoms with Crippen molar-refractivity contribution in [3.8, 4) is 0 Å². The van der Waals surface area contributed by atoms with Crippen molar-refractivity contribution in [2.75, 3.05) is 5.32 Å². The molecule has 0 spiro atoms. The third-order valence-corrected chi connectivity index (χ3v) is 4.10. The highest BCUT2D eigenvalue weighted by molar-refractivity contribution is 7.16. The van der Waals surface area contributed by atoms with Gasteiger partial charge in [0.1, 0.15) is 0 Å². The second-order valence-corrected chi connectivity index (χ2v) is 5.60. The average molecular weight is 294 g/mol. The minimum Gasteiger partial charge on any atom is -0.478 e. The number of carbonyl (C=O) groups is 2. The van der Waals surface area contributed by atoms with E-state index in [4.69, 9.17) is 5.11 Å². The van der Waals surface area contributed by atoms with E-state index in [1.54, 1.807) is 0 Å². The highest BCUT2D eigenvalue weighted by atomic mass is 32.1. The fourth-order valence-corrected chi connectivity index (χ4v) is 2.87. The molecule has 2 aromatic rings. The molecule has 0 fully saturated rings. The molecule has 0 aromatic carbocycles. The number of carboxylic acid groups (broad SMARTS) is 1. The summed E-state index contributed by atoms with van der Waals surface area (Å²) in [5.74, 6) is -1.22. The van der Waals surface area contributed by atoms with Crippen molar-refractivity contribution in [1.82, 2.24) is 4.98 Å². The number of aromatic nitrogens is 1. The van der Waals surface area contributed by atoms with Gasteiger partial charge in [-0.1, -0.05) is 11.3 Å². The summed E-state index contributed by atoms with van der Waals surface area (Å²) in [4.78, 5) is 27.6. The lowest BCUT2D eigenvalue weighted by molar-refractivity contribution is -0.131. The number of aryl methyl sites for hydroxylation is 1. The van der Waals surface area contributed by atoms with Crippen molar-refractivity contribution in [2.45, 2.75) is 6.92 Å². The van der Waals surface area contributed by atoms with Crippen LogP contribution in [-0.2, 0) is 4.79 Å². The van der Waals surface area contributed by atoms with Crippen LogP contribution in [0.25, 0.3) is 6.08 Å². The predicted octanol–water partition coefficient (Wildman–Crippen LogP) is 2.86. The Kier molecular flexibility index (Phi) is 4.08. The number of nitrogens with one attached hydrogen (secondary N) is 1. The molecule has 0 unspecified atom stereocenters. The molecule has 5 nitrogen and oxygen atoms in total. The fraction of sp³-hybridized carbons (Fsp3) is 0.0833. The first-order valence-electron chi connectivity index (χ1n) is 5.28. The molecule has 0 atom stereocenters. The largest absolute Gasteiger partial charge is 0.478 e. The van der Waals surface area contributed by atoms with Crippen LogP contribution >= 0.6 is 22.7 Å². The minimum absolute atomic E-state index is 0.199. The Morgan fingerprint density at radius 2 is 2.26 bits per heavy atom. The number of aliphatic carboxylic acids is 1. The Morgan fingerprint density at radius 3 is 2.89 bits per heavy atom. The standard InChI is InChI=1S/C12H10N2O3S2/c1-7-4-5-18-10(7)11(17)14-12-13-6-8(19-12)2-3-9(15)16/h2-6H,1H3,(H,15,16)(H,13,14,17). The highest BCUT2D eigenvalue weighted by Gasteiger charge is 2.12. The summed E-state index contributed by atoms with van der Waals surface area (Å²) in [5, 5.41) is 13.5. The molecular weight excluding hydrogens is 284 g/mol. The Bertz CT molecular complexity index is 643. The van der Waals surface area contributed by atoms with Gasteiger partial charge in [-0.05, 0) is 30.0 Å². The summed E-state index contributed by atoms with van der Waals surface area (Å²) < 4.78 is 0. The molecule has 0 aliphatic carbocycles. The highest BCUT2D eigenvalue weighted by Crippen LogP contribution is 2.22. The van der Waals surface area contributed by atoms with Crippen LogP contribution in [0.1, 0.15) is 20.1 Å². The number of anilines is 1. The lowest BCUT2D eigenvalue weighted by Crippen LogP contribution is -2.10. The van der Waals surface area contributed by atoms with Crippen LogP contribution in [0, 0.1) is 6.92 Å². The number of hydrogen-bond acceptors (Lipinski definition) is 5. The maximum Gasteiger partial charge on any atom is 0.328 e. The van der Waals surface area contributed by atoms with Crippen molar-refractivity contribution < 1.29 is 14.7 Å². The fourth-order valence-electron chi connectivity index (χ4n) is 1.33. The van der Waals surface area contributed by atoms with E-state index in [0.29, 0.717) is 14.9 Å². The molecule has 0 aliphatic rings. The molecule has 2 rings (SSSR count). The molecule has 1 amide bonds. The number of rotatable bonds is 4. The average Bonchev–Trinajstić information content (AvgIpc) is 2.95. The molecule has 0 radical (unpaired) electrons. The van der Waals surface area contributed by atoms with Crippen LogP contribution in [0.5, 0.6) is 0 Å². The van der Waals surface area contributed by atoms with E-state index in [1.165, 1.54) is 34.9 Å². The number of thiophene rings is 1. The second-order valence-electron chi connectivity index (χ2n) is 3.63. The van der Waals surface area contributed by atoms with E-state index in [9.17, 15) is 9.59 Å². The van der Waals surface area contributed by atoms with E-state index in [0.717, 1.165) is 11.6 Å². The number of hydrogen-bond donors (Lipinski definition) is 2. The zero-order chi connectivity index (χ0) is 13.8. The van der Waals surface area contributed by atoms with Gasteiger partial charge in [0.25, 0.3) is 5.91 Å². The quantitative estimate of drug-likeness (QED) is 0.850. The van der Waals surface area contributed by atoms with Crippen LogP contribution in [0.3, 0.4) is 0 Å². The smallest absolute Gasteiger partial charge is 0.328 e. The van der Waals surface area contributed by atoms with Gasteiger partial charge in [0, 0.05) is 17.2 Å². The molecule has 2 heterocycles. The van der Waals surface area contributed by atoms with E-state index in [1.807, 2.05) is 18.4 Å². The van der Waals surface area contributed by atoms with Gasteiger partial charge in [-0.25, -0.2) is 9.78 Å². The topological polar surface area (TPSA) is 79.3 Å². The summed E-state index contributed by atoms with van der Waals surface area (Å²) >= 11 is 2.59. The minimum atomic E-state index is -1.02. The summed E-state index contributed by atoms with van der Waals surface area (Å²) in [7, 11) is 0. The van der Waals surface area contributed by atoms with Crippen LogP contribution in [-0.4, -0.2) is 22.0 Å². The Balaban J connectivity index is 2.06. The number of thiazole rings is 1. The maximum absolute atomic E-state index is 11.9. The van der Waals surface area contributed by atoms with E-state index < -0.39 is 5.97 Å². The molecule has 0 bridgehead atoms. The lowest BCUT2D eigenvalue weighted by atomic mass is 10.3.